The lowest BCUT2D eigenvalue weighted by Gasteiger charge is -2.22. The van der Waals surface area contributed by atoms with E-state index in [2.05, 4.69) is 4.74 Å². The smallest absolute Gasteiger partial charge is 0.308 e. The number of methoxy groups -OCH3 is 1. The highest BCUT2D eigenvalue weighted by Crippen LogP contribution is 2.55. The molecule has 2 aromatic carbocycles. The van der Waals surface area contributed by atoms with Gasteiger partial charge in [0.25, 0.3) is 0 Å². The molecule has 4 unspecified atom stereocenters. The van der Waals surface area contributed by atoms with Gasteiger partial charge in [-0.1, -0.05) is 42.8 Å². The SMILES string of the molecule is CC(=O)Oc1ccc(Cc2cc(C(O)CC(CC3CC3(C)C(C)=O)OC(C)=O)ccc2Cl)cc1.COC(C)=O. The van der Waals surface area contributed by atoms with E-state index in [0.717, 1.165) is 17.5 Å². The maximum atomic E-state index is 11.9. The maximum Gasteiger partial charge on any atom is 0.308 e. The number of hydrogen-bond donors (Lipinski definition) is 1. The number of carbonyl (C=O) groups excluding carboxylic acids is 4. The van der Waals surface area contributed by atoms with Crippen molar-refractivity contribution < 1.29 is 38.5 Å². The molecule has 1 saturated carbocycles. The van der Waals surface area contributed by atoms with E-state index < -0.39 is 18.2 Å². The minimum atomic E-state index is -0.853. The minimum absolute atomic E-state index is 0.142. The summed E-state index contributed by atoms with van der Waals surface area (Å²) in [6.07, 6.45) is 0.758. The van der Waals surface area contributed by atoms with Gasteiger partial charge in [0, 0.05) is 37.6 Å². The van der Waals surface area contributed by atoms with Crippen molar-refractivity contribution in [3.8, 4) is 5.75 Å². The third-order valence-electron chi connectivity index (χ3n) is 6.90. The van der Waals surface area contributed by atoms with Gasteiger partial charge in [0.1, 0.15) is 17.6 Å². The Morgan fingerprint density at radius 3 is 2.10 bits per heavy atom. The number of ether oxygens (including phenoxy) is 3. The number of halogens is 1. The largest absolute Gasteiger partial charge is 0.469 e. The molecule has 0 saturated heterocycles. The van der Waals surface area contributed by atoms with E-state index in [1.165, 1.54) is 27.9 Å². The molecular weight excluding hydrogens is 524 g/mol. The number of esters is 3. The van der Waals surface area contributed by atoms with Crippen LogP contribution in [0.2, 0.25) is 5.02 Å². The summed E-state index contributed by atoms with van der Waals surface area (Å²) in [5.41, 5.74) is 2.13. The van der Waals surface area contributed by atoms with E-state index in [1.807, 2.05) is 25.1 Å². The molecule has 4 atom stereocenters. The number of ketones is 1. The predicted octanol–water partition coefficient (Wildman–Crippen LogP) is 5.40. The van der Waals surface area contributed by atoms with E-state index in [9.17, 15) is 24.3 Å². The van der Waals surface area contributed by atoms with Crippen molar-refractivity contribution >= 4 is 35.3 Å². The number of Topliss-reactive ketones (excluding diaryl/α,β-unsaturated/α-hetero) is 1. The fourth-order valence-corrected chi connectivity index (χ4v) is 4.54. The first kappa shape index (κ1) is 32.0. The van der Waals surface area contributed by atoms with E-state index in [0.29, 0.717) is 29.2 Å². The molecule has 1 fully saturated rings. The molecule has 212 valence electrons. The molecule has 0 amide bonds. The van der Waals surface area contributed by atoms with Crippen molar-refractivity contribution in [3.63, 3.8) is 0 Å². The average Bonchev–Trinajstić information content (AvgIpc) is 3.51. The first-order valence-electron chi connectivity index (χ1n) is 12.7. The van der Waals surface area contributed by atoms with Gasteiger partial charge in [0.05, 0.1) is 13.2 Å². The molecule has 8 nitrogen and oxygen atoms in total. The van der Waals surface area contributed by atoms with Crippen molar-refractivity contribution in [1.82, 2.24) is 0 Å². The maximum absolute atomic E-state index is 11.9. The first-order chi connectivity index (χ1) is 18.2. The predicted molar refractivity (Wildman–Crippen MR) is 146 cm³/mol. The fraction of sp³-hybridized carbons (Fsp3) is 0.467. The highest BCUT2D eigenvalue weighted by atomic mass is 35.5. The van der Waals surface area contributed by atoms with Gasteiger partial charge in [-0.15, -0.1) is 0 Å². The van der Waals surface area contributed by atoms with Crippen LogP contribution in [0.1, 0.15) is 76.7 Å². The Morgan fingerprint density at radius 1 is 1.00 bits per heavy atom. The van der Waals surface area contributed by atoms with Crippen molar-refractivity contribution in [2.75, 3.05) is 7.11 Å². The number of hydrogen-bond acceptors (Lipinski definition) is 8. The van der Waals surface area contributed by atoms with E-state index in [1.54, 1.807) is 31.2 Å². The van der Waals surface area contributed by atoms with Crippen LogP contribution in [0.3, 0.4) is 0 Å². The summed E-state index contributed by atoms with van der Waals surface area (Å²) < 4.78 is 14.7. The van der Waals surface area contributed by atoms with Crippen LogP contribution >= 0.6 is 11.6 Å². The molecule has 39 heavy (non-hydrogen) atoms. The van der Waals surface area contributed by atoms with Gasteiger partial charge < -0.3 is 19.3 Å². The highest BCUT2D eigenvalue weighted by molar-refractivity contribution is 6.31. The van der Waals surface area contributed by atoms with Crippen LogP contribution in [0.15, 0.2) is 42.5 Å². The molecule has 0 bridgehead atoms. The van der Waals surface area contributed by atoms with Crippen LogP contribution in [-0.4, -0.2) is 42.0 Å². The van der Waals surface area contributed by atoms with Crippen LogP contribution in [0.25, 0.3) is 0 Å². The lowest BCUT2D eigenvalue weighted by molar-refractivity contribution is -0.148. The van der Waals surface area contributed by atoms with E-state index in [4.69, 9.17) is 21.1 Å². The second kappa shape index (κ2) is 14.2. The van der Waals surface area contributed by atoms with Crippen LogP contribution in [0.5, 0.6) is 5.75 Å². The van der Waals surface area contributed by atoms with Gasteiger partial charge >= 0.3 is 17.9 Å². The fourth-order valence-electron chi connectivity index (χ4n) is 4.36. The van der Waals surface area contributed by atoms with E-state index >= 15 is 0 Å². The summed E-state index contributed by atoms with van der Waals surface area (Å²) in [5, 5.41) is 11.5. The number of aliphatic hydroxyl groups is 1. The van der Waals surface area contributed by atoms with Crippen LogP contribution in [0, 0.1) is 11.3 Å². The van der Waals surface area contributed by atoms with Crippen LogP contribution in [0.4, 0.5) is 0 Å². The second-order valence-electron chi connectivity index (χ2n) is 10.1. The summed E-state index contributed by atoms with van der Waals surface area (Å²) in [7, 11) is 1.35. The summed E-state index contributed by atoms with van der Waals surface area (Å²) in [5.74, 6) is -0.266. The number of benzene rings is 2. The molecule has 1 N–H and O–H groups in total. The van der Waals surface area contributed by atoms with Gasteiger partial charge in [0.2, 0.25) is 0 Å². The van der Waals surface area contributed by atoms with Gasteiger partial charge in [-0.3, -0.25) is 19.2 Å². The molecule has 1 aliphatic carbocycles. The molecule has 9 heteroatoms. The Bertz CT molecular complexity index is 1180. The third-order valence-corrected chi connectivity index (χ3v) is 7.27. The zero-order valence-corrected chi connectivity index (χ0v) is 24.0. The standard InChI is InChI=1S/C27H31ClO6.C3H6O2/c1-16(29)27(4)15-22(27)13-24(34-18(3)31)14-26(32)20-7-10-25(28)21(12-20)11-19-5-8-23(9-6-19)33-17(2)30;1-3(4)5-2/h5-10,12,22,24,26,32H,11,13-15H2,1-4H3;1-2H3. The second-order valence-corrected chi connectivity index (χ2v) is 10.5. The summed E-state index contributed by atoms with van der Waals surface area (Å²) in [6, 6.07) is 12.5. The zero-order valence-electron chi connectivity index (χ0n) is 23.3. The summed E-state index contributed by atoms with van der Waals surface area (Å²) in [6.45, 7) is 7.59. The van der Waals surface area contributed by atoms with Gasteiger partial charge in [-0.25, -0.2) is 0 Å². The van der Waals surface area contributed by atoms with Crippen LogP contribution in [-0.2, 0) is 35.1 Å². The number of aliphatic hydroxyl groups excluding tert-OH is 1. The van der Waals surface area contributed by atoms with Gasteiger partial charge in [0.15, 0.2) is 0 Å². The number of rotatable bonds is 10. The zero-order chi connectivity index (χ0) is 29.3. The normalized spacial score (nSPS) is 19.0. The van der Waals surface area contributed by atoms with Crippen molar-refractivity contribution in [2.24, 2.45) is 11.3 Å². The van der Waals surface area contributed by atoms with Crippen molar-refractivity contribution in [2.45, 2.75) is 72.5 Å². The Hall–Kier alpha value is -3.23. The van der Waals surface area contributed by atoms with Gasteiger partial charge in [-0.05, 0) is 67.0 Å². The molecule has 0 heterocycles. The summed E-state index contributed by atoms with van der Waals surface area (Å²) in [4.78, 5) is 44.2. The third kappa shape index (κ3) is 10.1. The summed E-state index contributed by atoms with van der Waals surface area (Å²) >= 11 is 6.41. The Labute approximate surface area is 234 Å². The van der Waals surface area contributed by atoms with E-state index in [-0.39, 0.29) is 35.5 Å². The Morgan fingerprint density at radius 2 is 1.62 bits per heavy atom. The van der Waals surface area contributed by atoms with Gasteiger partial charge in [-0.2, -0.15) is 0 Å². The average molecular weight is 561 g/mol. The molecular formula is C30H37ClO8. The van der Waals surface area contributed by atoms with Crippen molar-refractivity contribution in [1.29, 1.82) is 0 Å². The molecule has 0 spiro atoms. The van der Waals surface area contributed by atoms with Crippen LogP contribution < -0.4 is 4.74 Å². The Kier molecular flexibility index (Phi) is 11.7. The molecule has 2 aromatic rings. The number of carbonyl (C=O) groups is 4. The quantitative estimate of drug-likeness (QED) is 0.303. The molecule has 3 rings (SSSR count). The molecule has 1 aliphatic rings. The minimum Gasteiger partial charge on any atom is -0.469 e. The molecule has 0 aliphatic heterocycles. The first-order valence-corrected chi connectivity index (χ1v) is 13.1. The lowest BCUT2D eigenvalue weighted by atomic mass is 9.94. The van der Waals surface area contributed by atoms with Crippen molar-refractivity contribution in [3.05, 3.63) is 64.2 Å². The Balaban J connectivity index is 0.000000976. The molecule has 0 aromatic heterocycles. The monoisotopic (exact) mass is 560 g/mol. The topological polar surface area (TPSA) is 116 Å². The molecule has 0 radical (unpaired) electrons. The lowest BCUT2D eigenvalue weighted by Crippen LogP contribution is -2.22. The highest BCUT2D eigenvalue weighted by Gasteiger charge is 2.54.